The Hall–Kier alpha value is -3.31. The van der Waals surface area contributed by atoms with E-state index in [2.05, 4.69) is 24.3 Å². The van der Waals surface area contributed by atoms with Crippen LogP contribution in [0.1, 0.15) is 55.0 Å². The summed E-state index contributed by atoms with van der Waals surface area (Å²) in [6.07, 6.45) is 1.87. The molecule has 142 valence electrons. The van der Waals surface area contributed by atoms with Crippen LogP contribution in [-0.2, 0) is 4.79 Å². The van der Waals surface area contributed by atoms with Crippen molar-refractivity contribution in [2.45, 2.75) is 45.3 Å². The van der Waals surface area contributed by atoms with Crippen LogP contribution in [0.4, 0.5) is 0 Å². The van der Waals surface area contributed by atoms with Crippen molar-refractivity contribution < 1.29 is 9.53 Å². The Morgan fingerprint density at radius 2 is 1.71 bits per heavy atom. The number of nitriles is 2. The van der Waals surface area contributed by atoms with E-state index >= 15 is 0 Å². The maximum atomic E-state index is 13.3. The van der Waals surface area contributed by atoms with Crippen LogP contribution < -0.4 is 4.74 Å². The van der Waals surface area contributed by atoms with Gasteiger partial charge in [-0.25, -0.2) is 0 Å². The van der Waals surface area contributed by atoms with Gasteiger partial charge < -0.3 is 9.64 Å². The molecule has 0 N–H and O–H groups in total. The molecule has 1 amide bonds. The standard InChI is InChI=1S/C23H23N3O2/c1-16-6-8-19(9-7-16)21-5-4-10-26(21)22(27)23(2,3)28-20-12-17(14-24)11-18(13-20)15-25/h6-9,11-13,21H,4-5,10H2,1-3H3. The average Bonchev–Trinajstić information content (AvgIpc) is 3.16. The summed E-state index contributed by atoms with van der Waals surface area (Å²) < 4.78 is 5.97. The second-order valence-corrected chi connectivity index (χ2v) is 7.65. The largest absolute Gasteiger partial charge is 0.478 e. The Labute approximate surface area is 165 Å². The molecule has 5 nitrogen and oxygen atoms in total. The summed E-state index contributed by atoms with van der Waals surface area (Å²) in [5.41, 5.74) is 1.86. The van der Waals surface area contributed by atoms with Gasteiger partial charge in [-0.15, -0.1) is 0 Å². The first-order chi connectivity index (χ1) is 13.3. The molecule has 0 aliphatic carbocycles. The predicted molar refractivity (Wildman–Crippen MR) is 105 cm³/mol. The first-order valence-corrected chi connectivity index (χ1v) is 9.36. The number of rotatable bonds is 4. The van der Waals surface area contributed by atoms with E-state index in [9.17, 15) is 4.79 Å². The van der Waals surface area contributed by atoms with Crippen molar-refractivity contribution in [3.05, 3.63) is 64.7 Å². The highest BCUT2D eigenvalue weighted by atomic mass is 16.5. The number of benzene rings is 2. The number of hydrogen-bond acceptors (Lipinski definition) is 4. The van der Waals surface area contributed by atoms with Crippen LogP contribution in [-0.4, -0.2) is 23.0 Å². The predicted octanol–water partition coefficient (Wildman–Crippen LogP) is 4.26. The minimum absolute atomic E-state index is 0.0380. The smallest absolute Gasteiger partial charge is 0.266 e. The first kappa shape index (κ1) is 19.5. The van der Waals surface area contributed by atoms with Gasteiger partial charge in [-0.3, -0.25) is 4.79 Å². The van der Waals surface area contributed by atoms with Gasteiger partial charge in [0.15, 0.2) is 5.60 Å². The zero-order chi connectivity index (χ0) is 20.3. The third kappa shape index (κ3) is 4.00. The van der Waals surface area contributed by atoms with Crippen molar-refractivity contribution in [3.63, 3.8) is 0 Å². The van der Waals surface area contributed by atoms with Gasteiger partial charge in [0, 0.05) is 6.54 Å². The number of ether oxygens (including phenoxy) is 1. The van der Waals surface area contributed by atoms with Gasteiger partial charge in [-0.2, -0.15) is 10.5 Å². The van der Waals surface area contributed by atoms with E-state index in [-0.39, 0.29) is 11.9 Å². The highest BCUT2D eigenvalue weighted by Crippen LogP contribution is 2.35. The zero-order valence-electron chi connectivity index (χ0n) is 16.4. The van der Waals surface area contributed by atoms with E-state index in [4.69, 9.17) is 15.3 Å². The third-order valence-corrected chi connectivity index (χ3v) is 5.03. The maximum absolute atomic E-state index is 13.3. The summed E-state index contributed by atoms with van der Waals surface area (Å²) in [4.78, 5) is 15.2. The normalized spacial score (nSPS) is 16.3. The van der Waals surface area contributed by atoms with Crippen LogP contribution in [0.15, 0.2) is 42.5 Å². The number of likely N-dealkylation sites (tertiary alicyclic amines) is 1. The summed E-state index contributed by atoms with van der Waals surface area (Å²) in [6, 6.07) is 17.0. The number of amides is 1. The van der Waals surface area contributed by atoms with Gasteiger partial charge in [-0.05, 0) is 57.4 Å². The zero-order valence-corrected chi connectivity index (χ0v) is 16.4. The van der Waals surface area contributed by atoms with E-state index < -0.39 is 5.60 Å². The molecule has 3 rings (SSSR count). The van der Waals surface area contributed by atoms with Crippen LogP contribution in [0, 0.1) is 29.6 Å². The molecule has 1 saturated heterocycles. The van der Waals surface area contributed by atoms with Crippen LogP contribution in [0.25, 0.3) is 0 Å². The molecular weight excluding hydrogens is 350 g/mol. The van der Waals surface area contributed by atoms with Crippen LogP contribution >= 0.6 is 0 Å². The summed E-state index contributed by atoms with van der Waals surface area (Å²) in [7, 11) is 0. The van der Waals surface area contributed by atoms with Gasteiger partial charge in [0.05, 0.1) is 29.3 Å². The van der Waals surface area contributed by atoms with E-state index in [0.717, 1.165) is 18.4 Å². The lowest BCUT2D eigenvalue weighted by atomic mass is 10.0. The van der Waals surface area contributed by atoms with Crippen molar-refractivity contribution in [2.75, 3.05) is 6.54 Å². The van der Waals surface area contributed by atoms with Gasteiger partial charge >= 0.3 is 0 Å². The molecule has 1 unspecified atom stereocenters. The van der Waals surface area contributed by atoms with Gasteiger partial charge in [0.25, 0.3) is 5.91 Å². The average molecular weight is 373 g/mol. The Kier molecular flexibility index (Phi) is 5.38. The fourth-order valence-electron chi connectivity index (χ4n) is 3.62. The molecule has 2 aromatic carbocycles. The Balaban J connectivity index is 1.83. The molecular formula is C23H23N3O2. The van der Waals surface area contributed by atoms with E-state index in [1.54, 1.807) is 26.0 Å². The third-order valence-electron chi connectivity index (χ3n) is 5.03. The molecule has 0 saturated carbocycles. The van der Waals surface area contributed by atoms with Crippen LogP contribution in [0.2, 0.25) is 0 Å². The summed E-state index contributed by atoms with van der Waals surface area (Å²) in [6.45, 7) is 6.19. The molecule has 5 heteroatoms. The molecule has 0 spiro atoms. The fourth-order valence-corrected chi connectivity index (χ4v) is 3.62. The highest BCUT2D eigenvalue weighted by molar-refractivity contribution is 5.85. The summed E-state index contributed by atoms with van der Waals surface area (Å²) >= 11 is 0. The Morgan fingerprint density at radius 3 is 2.29 bits per heavy atom. The molecule has 28 heavy (non-hydrogen) atoms. The maximum Gasteiger partial charge on any atom is 0.266 e. The van der Waals surface area contributed by atoms with Crippen molar-refractivity contribution in [2.24, 2.45) is 0 Å². The number of hydrogen-bond donors (Lipinski definition) is 0. The Bertz CT molecular complexity index is 933. The van der Waals surface area contributed by atoms with Crippen molar-refractivity contribution >= 4 is 5.91 Å². The van der Waals surface area contributed by atoms with Gasteiger partial charge in [0.1, 0.15) is 5.75 Å². The fraction of sp³-hybridized carbons (Fsp3) is 0.348. The molecule has 1 fully saturated rings. The summed E-state index contributed by atoms with van der Waals surface area (Å²) in [5.74, 6) is 0.247. The van der Waals surface area contributed by atoms with Crippen molar-refractivity contribution in [1.82, 2.24) is 4.90 Å². The quantitative estimate of drug-likeness (QED) is 0.802. The highest BCUT2D eigenvalue weighted by Gasteiger charge is 2.40. The van der Waals surface area contributed by atoms with E-state index in [1.165, 1.54) is 11.6 Å². The number of aryl methyl sites for hydroxylation is 1. The second kappa shape index (κ2) is 7.74. The lowest BCUT2D eigenvalue weighted by Crippen LogP contribution is -2.48. The van der Waals surface area contributed by atoms with Crippen LogP contribution in [0.3, 0.4) is 0 Å². The van der Waals surface area contributed by atoms with Crippen LogP contribution in [0.5, 0.6) is 5.75 Å². The number of carbonyl (C=O) groups is 1. The lowest BCUT2D eigenvalue weighted by molar-refractivity contribution is -0.146. The lowest BCUT2D eigenvalue weighted by Gasteiger charge is -2.33. The van der Waals surface area contributed by atoms with Crippen molar-refractivity contribution in [1.29, 1.82) is 10.5 Å². The van der Waals surface area contributed by atoms with Crippen molar-refractivity contribution in [3.8, 4) is 17.9 Å². The molecule has 0 radical (unpaired) electrons. The van der Waals surface area contributed by atoms with Gasteiger partial charge in [-0.1, -0.05) is 29.8 Å². The number of nitrogens with zero attached hydrogens (tertiary/aromatic N) is 3. The minimum Gasteiger partial charge on any atom is -0.478 e. The molecule has 1 aliphatic heterocycles. The van der Waals surface area contributed by atoms with E-state index in [1.807, 2.05) is 24.0 Å². The monoisotopic (exact) mass is 373 g/mol. The second-order valence-electron chi connectivity index (χ2n) is 7.65. The minimum atomic E-state index is -1.12. The molecule has 0 aromatic heterocycles. The molecule has 1 atom stereocenters. The first-order valence-electron chi connectivity index (χ1n) is 9.36. The Morgan fingerprint density at radius 1 is 1.11 bits per heavy atom. The summed E-state index contributed by atoms with van der Waals surface area (Å²) in [5, 5.41) is 18.3. The molecule has 2 aromatic rings. The number of carbonyl (C=O) groups excluding carboxylic acids is 1. The molecule has 1 aliphatic rings. The molecule has 1 heterocycles. The molecule has 0 bridgehead atoms. The van der Waals surface area contributed by atoms with E-state index in [0.29, 0.717) is 23.4 Å². The topological polar surface area (TPSA) is 77.1 Å². The van der Waals surface area contributed by atoms with Gasteiger partial charge in [0.2, 0.25) is 0 Å². The SMILES string of the molecule is Cc1ccc(C2CCCN2C(=O)C(C)(C)Oc2cc(C#N)cc(C#N)c2)cc1.